The summed E-state index contributed by atoms with van der Waals surface area (Å²) >= 11 is 0. The predicted molar refractivity (Wildman–Crippen MR) is 103 cm³/mol. The average Bonchev–Trinajstić information content (AvgIpc) is 3.12. The summed E-state index contributed by atoms with van der Waals surface area (Å²) in [5.74, 6) is 0.314. The fourth-order valence-corrected chi connectivity index (χ4v) is 4.68. The molecule has 1 aromatic heterocycles. The van der Waals surface area contributed by atoms with Gasteiger partial charge in [0, 0.05) is 24.5 Å². The van der Waals surface area contributed by atoms with Crippen LogP contribution in [0.15, 0.2) is 30.3 Å². The highest BCUT2D eigenvalue weighted by molar-refractivity contribution is 5.93. The zero-order chi connectivity index (χ0) is 19.3. The van der Waals surface area contributed by atoms with E-state index in [0.29, 0.717) is 11.6 Å². The molecule has 2 aliphatic rings. The van der Waals surface area contributed by atoms with Gasteiger partial charge in [-0.25, -0.2) is 4.39 Å². The molecule has 5 heteroatoms. The van der Waals surface area contributed by atoms with Gasteiger partial charge in [0.15, 0.2) is 0 Å². The molecule has 0 N–H and O–H groups in total. The molecule has 3 heterocycles. The lowest BCUT2D eigenvalue weighted by molar-refractivity contribution is 0.0560. The number of carbonyl (C=O) groups is 1. The van der Waals surface area contributed by atoms with Gasteiger partial charge in [-0.3, -0.25) is 9.48 Å². The Kier molecular flexibility index (Phi) is 4.36. The van der Waals surface area contributed by atoms with Crippen LogP contribution in [0.1, 0.15) is 74.1 Å². The van der Waals surface area contributed by atoms with Gasteiger partial charge in [0.05, 0.1) is 5.69 Å². The lowest BCUT2D eigenvalue weighted by Gasteiger charge is -2.39. The predicted octanol–water partition coefficient (Wildman–Crippen LogP) is 4.41. The van der Waals surface area contributed by atoms with Gasteiger partial charge in [0.2, 0.25) is 0 Å². The van der Waals surface area contributed by atoms with E-state index in [1.807, 2.05) is 25.2 Å². The molecule has 27 heavy (non-hydrogen) atoms. The third kappa shape index (κ3) is 3.28. The van der Waals surface area contributed by atoms with Gasteiger partial charge in [0.1, 0.15) is 11.5 Å². The van der Waals surface area contributed by atoms with E-state index in [-0.39, 0.29) is 29.2 Å². The molecule has 1 amide bonds. The Morgan fingerprint density at radius 1 is 1.11 bits per heavy atom. The number of aryl methyl sites for hydroxylation is 1. The maximum atomic E-state index is 13.3. The first kappa shape index (κ1) is 18.2. The highest BCUT2D eigenvalue weighted by atomic mass is 19.1. The van der Waals surface area contributed by atoms with E-state index in [9.17, 15) is 9.18 Å². The van der Waals surface area contributed by atoms with E-state index in [4.69, 9.17) is 0 Å². The van der Waals surface area contributed by atoms with Crippen molar-refractivity contribution in [3.63, 3.8) is 0 Å². The lowest BCUT2D eigenvalue weighted by atomic mass is 9.85. The normalized spacial score (nSPS) is 25.1. The number of hydrogen-bond acceptors (Lipinski definition) is 2. The standard InChI is InChI=1S/C22H28FN3O/c1-22(2,3)20-13-19(25(4)24-20)21(27)26-17-9-10-18(26)12-15(11-17)14-5-7-16(23)8-6-14/h5-8,13,15,17-18H,9-12H2,1-4H3/t15?,17-,18+. The maximum Gasteiger partial charge on any atom is 0.272 e. The number of carbonyl (C=O) groups excluding carboxylic acids is 1. The number of rotatable bonds is 2. The van der Waals surface area contributed by atoms with E-state index >= 15 is 0 Å². The molecule has 2 fully saturated rings. The van der Waals surface area contributed by atoms with Crippen molar-refractivity contribution in [2.45, 2.75) is 69.9 Å². The van der Waals surface area contributed by atoms with Gasteiger partial charge in [-0.15, -0.1) is 0 Å². The largest absolute Gasteiger partial charge is 0.331 e. The van der Waals surface area contributed by atoms with Crippen molar-refractivity contribution in [1.82, 2.24) is 14.7 Å². The Labute approximate surface area is 160 Å². The highest BCUT2D eigenvalue weighted by Gasteiger charge is 2.44. The van der Waals surface area contributed by atoms with Gasteiger partial charge < -0.3 is 4.90 Å². The van der Waals surface area contributed by atoms with E-state index < -0.39 is 0 Å². The van der Waals surface area contributed by atoms with Crippen LogP contribution in [-0.2, 0) is 12.5 Å². The summed E-state index contributed by atoms with van der Waals surface area (Å²) in [6.45, 7) is 6.34. The molecule has 4 nitrogen and oxygen atoms in total. The number of aromatic nitrogens is 2. The molecule has 3 atom stereocenters. The number of nitrogens with zero attached hydrogens (tertiary/aromatic N) is 3. The molecule has 2 aliphatic heterocycles. The Morgan fingerprint density at radius 3 is 2.22 bits per heavy atom. The molecule has 1 aromatic carbocycles. The zero-order valence-electron chi connectivity index (χ0n) is 16.6. The van der Waals surface area contributed by atoms with Crippen molar-refractivity contribution >= 4 is 5.91 Å². The van der Waals surface area contributed by atoms with Crippen LogP contribution in [0, 0.1) is 5.82 Å². The van der Waals surface area contributed by atoms with Crippen LogP contribution in [0.25, 0.3) is 0 Å². The van der Waals surface area contributed by atoms with Crippen molar-refractivity contribution in [3.8, 4) is 0 Å². The summed E-state index contributed by atoms with van der Waals surface area (Å²) in [5, 5.41) is 4.57. The lowest BCUT2D eigenvalue weighted by Crippen LogP contribution is -2.46. The first-order valence-electron chi connectivity index (χ1n) is 9.86. The number of halogens is 1. The van der Waals surface area contributed by atoms with Gasteiger partial charge in [-0.05, 0) is 55.4 Å². The smallest absolute Gasteiger partial charge is 0.272 e. The summed E-state index contributed by atoms with van der Waals surface area (Å²) in [6.07, 6.45) is 4.02. The first-order chi connectivity index (χ1) is 12.7. The summed E-state index contributed by atoms with van der Waals surface area (Å²) in [4.78, 5) is 15.4. The maximum absolute atomic E-state index is 13.3. The van der Waals surface area contributed by atoms with Crippen molar-refractivity contribution in [1.29, 1.82) is 0 Å². The van der Waals surface area contributed by atoms with Crippen LogP contribution in [-0.4, -0.2) is 32.7 Å². The highest BCUT2D eigenvalue weighted by Crippen LogP contribution is 2.43. The summed E-state index contributed by atoms with van der Waals surface area (Å²) in [5.41, 5.74) is 2.74. The van der Waals surface area contributed by atoms with E-state index in [2.05, 4.69) is 30.8 Å². The Bertz CT molecular complexity index is 835. The van der Waals surface area contributed by atoms with Gasteiger partial charge >= 0.3 is 0 Å². The zero-order valence-corrected chi connectivity index (χ0v) is 16.6. The minimum atomic E-state index is -0.194. The second kappa shape index (κ2) is 6.47. The molecule has 144 valence electrons. The molecule has 0 radical (unpaired) electrons. The Balaban J connectivity index is 1.55. The Morgan fingerprint density at radius 2 is 1.70 bits per heavy atom. The number of piperidine rings is 1. The van der Waals surface area contributed by atoms with Crippen LogP contribution < -0.4 is 0 Å². The molecular formula is C22H28FN3O. The Hall–Kier alpha value is -2.17. The average molecular weight is 369 g/mol. The number of amides is 1. The molecule has 0 aliphatic carbocycles. The van der Waals surface area contributed by atoms with Crippen LogP contribution >= 0.6 is 0 Å². The number of fused-ring (bicyclic) bond motifs is 2. The molecule has 0 saturated carbocycles. The molecule has 0 spiro atoms. The quantitative estimate of drug-likeness (QED) is 0.786. The van der Waals surface area contributed by atoms with Gasteiger partial charge in [-0.2, -0.15) is 5.10 Å². The minimum Gasteiger partial charge on any atom is -0.331 e. The molecule has 2 aromatic rings. The third-order valence-corrected chi connectivity index (χ3v) is 6.18. The monoisotopic (exact) mass is 369 g/mol. The van der Waals surface area contributed by atoms with E-state index in [1.165, 1.54) is 5.56 Å². The summed E-state index contributed by atoms with van der Waals surface area (Å²) in [7, 11) is 1.86. The minimum absolute atomic E-state index is 0.0785. The molecule has 4 rings (SSSR count). The molecular weight excluding hydrogens is 341 g/mol. The van der Waals surface area contributed by atoms with Crippen LogP contribution in [0.3, 0.4) is 0 Å². The fraction of sp³-hybridized carbons (Fsp3) is 0.545. The van der Waals surface area contributed by atoms with Crippen molar-refractivity contribution in [2.24, 2.45) is 7.05 Å². The first-order valence-corrected chi connectivity index (χ1v) is 9.86. The van der Waals surface area contributed by atoms with E-state index in [1.54, 1.807) is 16.8 Å². The summed E-state index contributed by atoms with van der Waals surface area (Å²) < 4.78 is 15.0. The van der Waals surface area contributed by atoms with Crippen molar-refractivity contribution < 1.29 is 9.18 Å². The third-order valence-electron chi connectivity index (χ3n) is 6.18. The molecule has 1 unspecified atom stereocenters. The SMILES string of the molecule is Cn1nc(C(C)(C)C)cc1C(=O)N1[C@@H]2CC[C@H]1CC(c1ccc(F)cc1)C2. The second-order valence-electron chi connectivity index (χ2n) is 9.11. The van der Waals surface area contributed by atoms with Crippen LogP contribution in [0.5, 0.6) is 0 Å². The number of benzene rings is 1. The molecule has 2 bridgehead atoms. The second-order valence-corrected chi connectivity index (χ2v) is 9.11. The van der Waals surface area contributed by atoms with Gasteiger partial charge in [-0.1, -0.05) is 32.9 Å². The van der Waals surface area contributed by atoms with E-state index in [0.717, 1.165) is 31.4 Å². The van der Waals surface area contributed by atoms with Crippen LogP contribution in [0.2, 0.25) is 0 Å². The van der Waals surface area contributed by atoms with Crippen molar-refractivity contribution in [2.75, 3.05) is 0 Å². The summed E-state index contributed by atoms with van der Waals surface area (Å²) in [6, 6.07) is 9.35. The number of hydrogen-bond donors (Lipinski definition) is 0. The molecule has 2 saturated heterocycles. The topological polar surface area (TPSA) is 38.1 Å². The van der Waals surface area contributed by atoms with Crippen molar-refractivity contribution in [3.05, 3.63) is 53.1 Å². The fourth-order valence-electron chi connectivity index (χ4n) is 4.68. The van der Waals surface area contributed by atoms with Gasteiger partial charge in [0.25, 0.3) is 5.91 Å². The van der Waals surface area contributed by atoms with Crippen LogP contribution in [0.4, 0.5) is 4.39 Å².